The summed E-state index contributed by atoms with van der Waals surface area (Å²) in [5, 5.41) is 10.1. The van der Waals surface area contributed by atoms with Crippen molar-refractivity contribution in [1.82, 2.24) is 20.3 Å². The van der Waals surface area contributed by atoms with Gasteiger partial charge < -0.3 is 30.2 Å². The van der Waals surface area contributed by atoms with Gasteiger partial charge in [-0.25, -0.2) is 15.0 Å². The Hall–Kier alpha value is -3.40. The lowest BCUT2D eigenvalue weighted by Crippen LogP contribution is -2.30. The van der Waals surface area contributed by atoms with Crippen LogP contribution in [0, 0.1) is 5.92 Å². The summed E-state index contributed by atoms with van der Waals surface area (Å²) in [4.78, 5) is 13.5. The lowest BCUT2D eigenvalue weighted by Gasteiger charge is -2.15. The van der Waals surface area contributed by atoms with Gasteiger partial charge in [0.15, 0.2) is 28.1 Å². The molecule has 0 spiro atoms. The second kappa shape index (κ2) is 9.17. The van der Waals surface area contributed by atoms with Crippen molar-refractivity contribution in [3.8, 4) is 17.2 Å². The summed E-state index contributed by atoms with van der Waals surface area (Å²) in [5.41, 5.74) is 1.88. The first kappa shape index (κ1) is 20.9. The highest BCUT2D eigenvalue weighted by Gasteiger charge is 2.21. The van der Waals surface area contributed by atoms with Crippen molar-refractivity contribution in [3.63, 3.8) is 0 Å². The van der Waals surface area contributed by atoms with Gasteiger partial charge in [0.25, 0.3) is 0 Å². The predicted molar refractivity (Wildman–Crippen MR) is 124 cm³/mol. The Kier molecular flexibility index (Phi) is 6.17. The standard InChI is InChI=1S/C21H24N6O3S/c1-28-15-8-13(9-16(29-2)19(15)30-3)24-18-11-22-14-6-7-17(25-20(14)26-18)27-21(31)23-10-12-4-5-12/h6-9,11-12H,4-5,10H2,1-3H3,(H3,23,24,25,26,27,31). The van der Waals surface area contributed by atoms with Gasteiger partial charge in [-0.3, -0.25) is 0 Å². The van der Waals surface area contributed by atoms with Gasteiger partial charge in [0, 0.05) is 24.4 Å². The Morgan fingerprint density at radius 3 is 2.39 bits per heavy atom. The molecule has 2 heterocycles. The lowest BCUT2D eigenvalue weighted by atomic mass is 10.2. The maximum atomic E-state index is 5.40. The first-order chi connectivity index (χ1) is 15.1. The molecule has 1 aliphatic rings. The van der Waals surface area contributed by atoms with Gasteiger partial charge in [-0.1, -0.05) is 0 Å². The van der Waals surface area contributed by atoms with E-state index >= 15 is 0 Å². The molecular weight excluding hydrogens is 416 g/mol. The minimum absolute atomic E-state index is 0.493. The highest BCUT2D eigenvalue weighted by atomic mass is 32.1. The summed E-state index contributed by atoms with van der Waals surface area (Å²) < 4.78 is 16.2. The van der Waals surface area contributed by atoms with E-state index in [0.717, 1.165) is 12.5 Å². The van der Waals surface area contributed by atoms with Gasteiger partial charge in [0.2, 0.25) is 5.75 Å². The highest BCUT2D eigenvalue weighted by molar-refractivity contribution is 7.80. The fourth-order valence-electron chi connectivity index (χ4n) is 3.05. The number of nitrogens with zero attached hydrogens (tertiary/aromatic N) is 3. The number of methoxy groups -OCH3 is 3. The molecule has 9 nitrogen and oxygen atoms in total. The van der Waals surface area contributed by atoms with Crippen molar-refractivity contribution in [2.45, 2.75) is 12.8 Å². The van der Waals surface area contributed by atoms with Crippen LogP contribution in [-0.4, -0.2) is 47.9 Å². The second-order valence-corrected chi connectivity index (χ2v) is 7.52. The predicted octanol–water partition coefficient (Wildman–Crippen LogP) is 3.49. The SMILES string of the molecule is COc1cc(Nc2cnc3ccc(NC(=S)NCC4CC4)nc3n2)cc(OC)c1OC. The van der Waals surface area contributed by atoms with Crippen LogP contribution in [0.5, 0.6) is 17.2 Å². The van der Waals surface area contributed by atoms with Crippen LogP contribution in [0.1, 0.15) is 12.8 Å². The molecule has 4 rings (SSSR count). The van der Waals surface area contributed by atoms with Gasteiger partial charge in [0.1, 0.15) is 11.3 Å². The quantitative estimate of drug-likeness (QED) is 0.451. The van der Waals surface area contributed by atoms with Crippen LogP contribution in [0.3, 0.4) is 0 Å². The van der Waals surface area contributed by atoms with E-state index < -0.39 is 0 Å². The Bertz CT molecular complexity index is 1080. The van der Waals surface area contributed by atoms with Crippen molar-refractivity contribution in [2.24, 2.45) is 5.92 Å². The van der Waals surface area contributed by atoms with Crippen molar-refractivity contribution in [1.29, 1.82) is 0 Å². The molecule has 31 heavy (non-hydrogen) atoms. The summed E-state index contributed by atoms with van der Waals surface area (Å²) in [6.45, 7) is 0.891. The Morgan fingerprint density at radius 2 is 1.74 bits per heavy atom. The zero-order chi connectivity index (χ0) is 21.8. The van der Waals surface area contributed by atoms with Crippen LogP contribution in [0.2, 0.25) is 0 Å². The number of pyridine rings is 1. The third-order valence-electron chi connectivity index (χ3n) is 4.83. The van der Waals surface area contributed by atoms with Crippen LogP contribution < -0.4 is 30.2 Å². The van der Waals surface area contributed by atoms with E-state index in [1.54, 1.807) is 39.7 Å². The van der Waals surface area contributed by atoms with Gasteiger partial charge >= 0.3 is 0 Å². The monoisotopic (exact) mass is 440 g/mol. The van der Waals surface area contributed by atoms with Crippen molar-refractivity contribution < 1.29 is 14.2 Å². The van der Waals surface area contributed by atoms with Crippen LogP contribution >= 0.6 is 12.2 Å². The molecule has 0 radical (unpaired) electrons. The maximum Gasteiger partial charge on any atom is 0.203 e. The average molecular weight is 441 g/mol. The molecule has 0 saturated heterocycles. The molecule has 1 aliphatic carbocycles. The van der Waals surface area contributed by atoms with Crippen molar-refractivity contribution in [2.75, 3.05) is 38.5 Å². The Morgan fingerprint density at radius 1 is 1.03 bits per heavy atom. The molecule has 0 atom stereocenters. The Labute approximate surface area is 185 Å². The summed E-state index contributed by atoms with van der Waals surface area (Å²) in [7, 11) is 4.70. The van der Waals surface area contributed by atoms with E-state index in [1.165, 1.54) is 12.8 Å². The fourth-order valence-corrected chi connectivity index (χ4v) is 3.24. The second-order valence-electron chi connectivity index (χ2n) is 7.11. The van der Waals surface area contributed by atoms with Crippen LogP contribution in [0.4, 0.5) is 17.3 Å². The summed E-state index contributed by atoms with van der Waals surface area (Å²) in [6.07, 6.45) is 4.17. The van der Waals surface area contributed by atoms with Crippen LogP contribution in [-0.2, 0) is 0 Å². The summed E-state index contributed by atoms with van der Waals surface area (Å²) in [5.74, 6) is 3.47. The van der Waals surface area contributed by atoms with Crippen LogP contribution in [0.25, 0.3) is 11.2 Å². The molecule has 2 aromatic heterocycles. The molecule has 0 unspecified atom stereocenters. The molecular formula is C21H24N6O3S. The van der Waals surface area contributed by atoms with Crippen molar-refractivity contribution in [3.05, 3.63) is 30.5 Å². The number of thiocarbonyl (C=S) groups is 1. The fraction of sp³-hybridized carbons (Fsp3) is 0.333. The minimum Gasteiger partial charge on any atom is -0.493 e. The van der Waals surface area contributed by atoms with E-state index in [4.69, 9.17) is 26.4 Å². The number of benzene rings is 1. The van der Waals surface area contributed by atoms with Gasteiger partial charge in [-0.05, 0) is 43.1 Å². The zero-order valence-electron chi connectivity index (χ0n) is 17.6. The topological polar surface area (TPSA) is 102 Å². The number of aromatic nitrogens is 3. The molecule has 3 N–H and O–H groups in total. The molecule has 1 fully saturated rings. The first-order valence-electron chi connectivity index (χ1n) is 9.85. The van der Waals surface area contributed by atoms with E-state index in [0.29, 0.717) is 50.8 Å². The molecule has 0 bridgehead atoms. The summed E-state index contributed by atoms with van der Waals surface area (Å²) in [6, 6.07) is 7.27. The third-order valence-corrected chi connectivity index (χ3v) is 5.08. The smallest absolute Gasteiger partial charge is 0.203 e. The number of fused-ring (bicyclic) bond motifs is 1. The Balaban J connectivity index is 1.53. The number of nitrogens with one attached hydrogen (secondary N) is 3. The zero-order valence-corrected chi connectivity index (χ0v) is 18.4. The van der Waals surface area contributed by atoms with Gasteiger partial charge in [0.05, 0.1) is 27.5 Å². The number of anilines is 3. The van der Waals surface area contributed by atoms with Crippen LogP contribution in [0.15, 0.2) is 30.5 Å². The van der Waals surface area contributed by atoms with Gasteiger partial charge in [-0.2, -0.15) is 0 Å². The maximum absolute atomic E-state index is 5.40. The number of hydrogen-bond donors (Lipinski definition) is 3. The summed E-state index contributed by atoms with van der Waals surface area (Å²) >= 11 is 5.34. The molecule has 0 aliphatic heterocycles. The number of ether oxygens (including phenoxy) is 3. The molecule has 10 heteroatoms. The van der Waals surface area contributed by atoms with E-state index in [9.17, 15) is 0 Å². The van der Waals surface area contributed by atoms with E-state index in [2.05, 4.69) is 30.9 Å². The minimum atomic E-state index is 0.493. The normalized spacial score (nSPS) is 12.9. The van der Waals surface area contributed by atoms with E-state index in [-0.39, 0.29) is 0 Å². The largest absolute Gasteiger partial charge is 0.493 e. The first-order valence-corrected chi connectivity index (χ1v) is 10.3. The number of rotatable bonds is 8. The molecule has 1 aromatic carbocycles. The molecule has 162 valence electrons. The average Bonchev–Trinajstić information content (AvgIpc) is 3.61. The highest BCUT2D eigenvalue weighted by Crippen LogP contribution is 2.40. The van der Waals surface area contributed by atoms with Gasteiger partial charge in [-0.15, -0.1) is 0 Å². The van der Waals surface area contributed by atoms with Crippen molar-refractivity contribution >= 4 is 45.8 Å². The molecule has 0 amide bonds. The number of hydrogen-bond acceptors (Lipinski definition) is 8. The third kappa shape index (κ3) is 5.02. The lowest BCUT2D eigenvalue weighted by molar-refractivity contribution is 0.324. The van der Waals surface area contributed by atoms with E-state index in [1.807, 2.05) is 12.1 Å². The molecule has 1 saturated carbocycles. The molecule has 3 aromatic rings.